The van der Waals surface area contributed by atoms with Gasteiger partial charge in [0, 0.05) is 25.9 Å². The first kappa shape index (κ1) is 22.1. The van der Waals surface area contributed by atoms with Crippen molar-refractivity contribution in [1.29, 1.82) is 0 Å². The van der Waals surface area contributed by atoms with Crippen LogP contribution in [0.25, 0.3) is 0 Å². The van der Waals surface area contributed by atoms with Crippen molar-refractivity contribution in [1.82, 2.24) is 15.1 Å². The van der Waals surface area contributed by atoms with E-state index in [0.29, 0.717) is 18.8 Å². The summed E-state index contributed by atoms with van der Waals surface area (Å²) in [5, 5.41) is 3.08. The molecule has 1 aliphatic carbocycles. The molecule has 5 rings (SSSR count). The maximum absolute atomic E-state index is 13.0. The number of hydrogen-bond acceptors (Lipinski definition) is 6. The van der Waals surface area contributed by atoms with E-state index in [9.17, 15) is 18.0 Å². The number of urea groups is 1. The van der Waals surface area contributed by atoms with E-state index >= 15 is 0 Å². The minimum Gasteiger partial charge on any atom is -0.431 e. The highest BCUT2D eigenvalue weighted by molar-refractivity contribution is 7.90. The van der Waals surface area contributed by atoms with E-state index in [4.69, 9.17) is 4.74 Å². The third kappa shape index (κ3) is 4.28. The average Bonchev–Trinajstić information content (AvgIpc) is 3.36. The quantitative estimate of drug-likeness (QED) is 0.704. The second kappa shape index (κ2) is 8.60. The number of carbonyl (C=O) groups is 2. The largest absolute Gasteiger partial charge is 0.431 e. The Balaban J connectivity index is 1.25. The van der Waals surface area contributed by atoms with Crippen molar-refractivity contribution in [3.05, 3.63) is 77.2 Å². The normalized spacial score (nSPS) is 19.6. The van der Waals surface area contributed by atoms with Gasteiger partial charge < -0.3 is 15.0 Å². The highest BCUT2D eigenvalue weighted by Gasteiger charge is 2.35. The Morgan fingerprint density at radius 1 is 1.15 bits per heavy atom. The molecule has 0 saturated heterocycles. The molecule has 1 atom stereocenters. The van der Waals surface area contributed by atoms with E-state index in [0.717, 1.165) is 30.2 Å². The summed E-state index contributed by atoms with van der Waals surface area (Å²) in [5.41, 5.74) is 3.46. The molecule has 176 valence electrons. The van der Waals surface area contributed by atoms with Gasteiger partial charge in [0.05, 0.1) is 10.9 Å². The molecule has 10 heteroatoms. The fourth-order valence-corrected chi connectivity index (χ4v) is 5.07. The Morgan fingerprint density at radius 2 is 1.91 bits per heavy atom. The lowest BCUT2D eigenvalue weighted by atomic mass is 10.1. The van der Waals surface area contributed by atoms with Crippen molar-refractivity contribution in [3.8, 4) is 0 Å². The zero-order valence-corrected chi connectivity index (χ0v) is 19.4. The lowest BCUT2D eigenvalue weighted by molar-refractivity contribution is -0.119. The molecule has 0 spiro atoms. The zero-order valence-electron chi connectivity index (χ0n) is 18.6. The number of sulfone groups is 1. The van der Waals surface area contributed by atoms with Crippen LogP contribution in [0.3, 0.4) is 0 Å². The summed E-state index contributed by atoms with van der Waals surface area (Å²) in [4.78, 5) is 33.2. The highest BCUT2D eigenvalue weighted by Crippen LogP contribution is 2.31. The topological polar surface area (TPSA) is 108 Å². The number of aliphatic imine (C=N–C) groups is 1. The molecular formula is C24H24N4O5S. The Bertz CT molecular complexity index is 1320. The van der Waals surface area contributed by atoms with Crippen LogP contribution < -0.4 is 5.32 Å². The van der Waals surface area contributed by atoms with Gasteiger partial charge in [0.1, 0.15) is 12.0 Å². The molecule has 2 heterocycles. The van der Waals surface area contributed by atoms with Crippen LogP contribution in [-0.4, -0.2) is 55.5 Å². The number of hydrogen-bond donors (Lipinski definition) is 1. The molecule has 3 amide bonds. The molecule has 0 fully saturated rings. The van der Waals surface area contributed by atoms with E-state index in [-0.39, 0.29) is 29.4 Å². The molecule has 2 aliphatic heterocycles. The summed E-state index contributed by atoms with van der Waals surface area (Å²) in [5.74, 6) is -0.274. The molecule has 1 unspecified atom stereocenters. The summed E-state index contributed by atoms with van der Waals surface area (Å²) < 4.78 is 28.8. The molecule has 2 aromatic rings. The summed E-state index contributed by atoms with van der Waals surface area (Å²) in [7, 11) is -3.29. The van der Waals surface area contributed by atoms with Crippen LogP contribution in [0.2, 0.25) is 0 Å². The van der Waals surface area contributed by atoms with Crippen molar-refractivity contribution in [2.45, 2.75) is 30.3 Å². The second-order valence-corrected chi connectivity index (χ2v) is 10.6. The number of fused-ring (bicyclic) bond motifs is 2. The third-order valence-corrected chi connectivity index (χ3v) is 7.38. The maximum Gasteiger partial charge on any atom is 0.348 e. The van der Waals surface area contributed by atoms with Gasteiger partial charge in [-0.1, -0.05) is 36.4 Å². The van der Waals surface area contributed by atoms with Crippen LogP contribution >= 0.6 is 0 Å². The molecule has 0 bridgehead atoms. The third-order valence-electron chi connectivity index (χ3n) is 6.25. The SMILES string of the molecule is CS(=O)(=O)c1ccc(CN2CCN3C(C(=O)NC4CCc5ccccc54)=COC3=NC2=O)cc1. The second-order valence-electron chi connectivity index (χ2n) is 8.55. The van der Waals surface area contributed by atoms with E-state index in [1.165, 1.54) is 28.9 Å². The highest BCUT2D eigenvalue weighted by atomic mass is 32.2. The van der Waals surface area contributed by atoms with Gasteiger partial charge in [-0.05, 0) is 41.7 Å². The van der Waals surface area contributed by atoms with Crippen molar-refractivity contribution in [2.24, 2.45) is 4.99 Å². The zero-order chi connectivity index (χ0) is 23.9. The first-order chi connectivity index (χ1) is 16.3. The predicted octanol–water partition coefficient (Wildman–Crippen LogP) is 2.36. The number of amidine groups is 1. The first-order valence-corrected chi connectivity index (χ1v) is 12.9. The number of nitrogens with one attached hydrogen (secondary N) is 1. The van der Waals surface area contributed by atoms with E-state index < -0.39 is 15.9 Å². The molecule has 0 radical (unpaired) electrons. The number of benzene rings is 2. The standard InChI is InChI=1S/C24H24N4O5S/c1-34(31,32)18-9-6-16(7-10-18)14-27-12-13-28-21(15-33-24(28)26-23(27)30)22(29)25-20-11-8-17-4-2-3-5-19(17)20/h2-7,9-10,15,20H,8,11-14H2,1H3,(H,25,29). The van der Waals surface area contributed by atoms with Gasteiger partial charge in [-0.2, -0.15) is 0 Å². The summed E-state index contributed by atoms with van der Waals surface area (Å²) >= 11 is 0. The van der Waals surface area contributed by atoms with Crippen LogP contribution in [0.15, 0.2) is 70.4 Å². The number of ether oxygens (including phenoxy) is 1. The molecule has 9 nitrogen and oxygen atoms in total. The maximum atomic E-state index is 13.0. The number of carbonyl (C=O) groups excluding carboxylic acids is 2. The van der Waals surface area contributed by atoms with E-state index in [2.05, 4.69) is 16.4 Å². The minimum atomic E-state index is -3.29. The van der Waals surface area contributed by atoms with Crippen molar-refractivity contribution < 1.29 is 22.7 Å². The van der Waals surface area contributed by atoms with Crippen molar-refractivity contribution >= 4 is 27.8 Å². The van der Waals surface area contributed by atoms with Crippen LogP contribution in [0.4, 0.5) is 4.79 Å². The van der Waals surface area contributed by atoms with Crippen LogP contribution in [0.5, 0.6) is 0 Å². The van der Waals surface area contributed by atoms with Crippen LogP contribution in [0, 0.1) is 0 Å². The molecule has 0 saturated carbocycles. The smallest absolute Gasteiger partial charge is 0.348 e. The Kier molecular flexibility index (Phi) is 5.60. The van der Waals surface area contributed by atoms with Gasteiger partial charge >= 0.3 is 12.1 Å². The van der Waals surface area contributed by atoms with Gasteiger partial charge in [0.15, 0.2) is 9.84 Å². The Hall–Kier alpha value is -3.66. The van der Waals surface area contributed by atoms with E-state index in [1.807, 2.05) is 18.2 Å². The number of aryl methyl sites for hydroxylation is 1. The molecule has 2 aromatic carbocycles. The molecule has 0 aromatic heterocycles. The van der Waals surface area contributed by atoms with Gasteiger partial charge in [0.2, 0.25) is 0 Å². The van der Waals surface area contributed by atoms with Crippen LogP contribution in [-0.2, 0) is 32.3 Å². The summed E-state index contributed by atoms with van der Waals surface area (Å²) in [6, 6.07) is 14.0. The Labute approximate surface area is 197 Å². The fourth-order valence-electron chi connectivity index (χ4n) is 4.43. The summed E-state index contributed by atoms with van der Waals surface area (Å²) in [6.07, 6.45) is 4.24. The number of rotatable bonds is 5. The number of nitrogens with zero attached hydrogens (tertiary/aromatic N) is 3. The average molecular weight is 481 g/mol. The minimum absolute atomic E-state index is 0.0643. The van der Waals surface area contributed by atoms with E-state index in [1.54, 1.807) is 17.0 Å². The lowest BCUT2D eigenvalue weighted by Gasteiger charge is -2.22. The summed E-state index contributed by atoms with van der Waals surface area (Å²) in [6.45, 7) is 0.921. The van der Waals surface area contributed by atoms with Gasteiger partial charge in [0.25, 0.3) is 5.91 Å². The van der Waals surface area contributed by atoms with Crippen molar-refractivity contribution in [3.63, 3.8) is 0 Å². The van der Waals surface area contributed by atoms with Crippen molar-refractivity contribution in [2.75, 3.05) is 19.3 Å². The monoisotopic (exact) mass is 480 g/mol. The van der Waals surface area contributed by atoms with Crippen LogP contribution in [0.1, 0.15) is 29.2 Å². The molecular weight excluding hydrogens is 456 g/mol. The van der Waals surface area contributed by atoms with Gasteiger partial charge in [-0.3, -0.25) is 9.69 Å². The molecule has 1 N–H and O–H groups in total. The predicted molar refractivity (Wildman–Crippen MR) is 124 cm³/mol. The van der Waals surface area contributed by atoms with Gasteiger partial charge in [-0.25, -0.2) is 13.2 Å². The van der Waals surface area contributed by atoms with Gasteiger partial charge in [-0.15, -0.1) is 4.99 Å². The lowest BCUT2D eigenvalue weighted by Crippen LogP contribution is -2.39. The molecule has 34 heavy (non-hydrogen) atoms. The molecule has 3 aliphatic rings. The Morgan fingerprint density at radius 3 is 2.68 bits per heavy atom. The number of amides is 3. The fraction of sp³-hybridized carbons (Fsp3) is 0.292. The first-order valence-electron chi connectivity index (χ1n) is 11.0.